The quantitative estimate of drug-likeness (QED) is 0.249. The Morgan fingerprint density at radius 3 is 2.80 bits per heavy atom. The second-order valence-corrected chi connectivity index (χ2v) is 2.41. The summed E-state index contributed by atoms with van der Waals surface area (Å²) in [7, 11) is 0. The van der Waals surface area contributed by atoms with Crippen LogP contribution in [0.25, 0.3) is 0 Å². The van der Waals surface area contributed by atoms with Gasteiger partial charge in [-0.2, -0.15) is 0 Å². The molecule has 2 nitrogen and oxygen atoms in total. The molecule has 0 N–H and O–H groups in total. The van der Waals surface area contributed by atoms with E-state index in [1.54, 1.807) is 6.21 Å². The van der Waals surface area contributed by atoms with E-state index < -0.39 is 0 Å². The molecule has 0 aliphatic rings. The van der Waals surface area contributed by atoms with Gasteiger partial charge in [-0.15, -0.1) is 6.58 Å². The lowest BCUT2D eigenvalue weighted by atomic mass is 10.3. The maximum atomic E-state index is 4.88. The van der Waals surface area contributed by atoms with Crippen LogP contribution in [0, 0.1) is 5.92 Å². The highest BCUT2D eigenvalue weighted by Gasteiger charge is 1.83. The predicted octanol–water partition coefficient (Wildman–Crippen LogP) is 2.22. The van der Waals surface area contributed by atoms with Gasteiger partial charge in [-0.3, -0.25) is 0 Å². The highest BCUT2D eigenvalue weighted by atomic mass is 16.6. The van der Waals surface area contributed by atoms with Gasteiger partial charge < -0.3 is 4.84 Å². The van der Waals surface area contributed by atoms with Crippen LogP contribution in [0.2, 0.25) is 0 Å². The Hall–Kier alpha value is -0.790. The first-order chi connectivity index (χ1) is 4.77. The van der Waals surface area contributed by atoms with E-state index in [4.69, 9.17) is 4.84 Å². The van der Waals surface area contributed by atoms with Gasteiger partial charge in [0.25, 0.3) is 0 Å². The maximum Gasteiger partial charge on any atom is 0.120 e. The molecule has 0 aliphatic carbocycles. The molecule has 0 spiro atoms. The van der Waals surface area contributed by atoms with Crippen LogP contribution in [0.15, 0.2) is 17.8 Å². The summed E-state index contributed by atoms with van der Waals surface area (Å²) in [5, 5.41) is 3.74. The average molecular weight is 141 g/mol. The molecule has 0 fully saturated rings. The number of hydrogen-bond acceptors (Lipinski definition) is 2. The normalized spacial score (nSPS) is 10.7. The van der Waals surface area contributed by atoms with Crippen molar-refractivity contribution >= 4 is 6.21 Å². The third kappa shape index (κ3) is 7.21. The van der Waals surface area contributed by atoms with Gasteiger partial charge in [0.05, 0.1) is 0 Å². The fourth-order valence-corrected chi connectivity index (χ4v) is 0.353. The Labute approximate surface area is 62.6 Å². The molecule has 0 radical (unpaired) electrons. The minimum atomic E-state index is 0.462. The number of nitrogens with zero attached hydrogens (tertiary/aromatic N) is 1. The van der Waals surface area contributed by atoms with Crippen molar-refractivity contribution in [3.8, 4) is 0 Å². The maximum absolute atomic E-state index is 4.88. The van der Waals surface area contributed by atoms with Crippen molar-refractivity contribution in [2.24, 2.45) is 11.1 Å². The lowest BCUT2D eigenvalue weighted by molar-refractivity contribution is 0.149. The number of hydrogen-bond donors (Lipinski definition) is 0. The Morgan fingerprint density at radius 2 is 2.30 bits per heavy atom. The summed E-state index contributed by atoms with van der Waals surface area (Å²) >= 11 is 0. The van der Waals surface area contributed by atoms with Crippen LogP contribution in [-0.2, 0) is 4.84 Å². The Balaban J connectivity index is 3.10. The SMILES string of the molecule is C=CCCON=CC(C)C. The summed E-state index contributed by atoms with van der Waals surface area (Å²) in [6.07, 6.45) is 4.45. The van der Waals surface area contributed by atoms with Gasteiger partial charge >= 0.3 is 0 Å². The van der Waals surface area contributed by atoms with Crippen molar-refractivity contribution in [2.45, 2.75) is 20.3 Å². The van der Waals surface area contributed by atoms with Gasteiger partial charge in [-0.25, -0.2) is 0 Å². The highest BCUT2D eigenvalue weighted by molar-refractivity contribution is 5.58. The van der Waals surface area contributed by atoms with E-state index in [2.05, 4.69) is 25.6 Å². The molecule has 0 aromatic carbocycles. The lowest BCUT2D eigenvalue weighted by Gasteiger charge is -1.95. The lowest BCUT2D eigenvalue weighted by Crippen LogP contribution is -1.90. The molecule has 0 aliphatic heterocycles. The van der Waals surface area contributed by atoms with Gasteiger partial charge in [-0.05, 0) is 5.92 Å². The van der Waals surface area contributed by atoms with Crippen molar-refractivity contribution in [1.82, 2.24) is 0 Å². The van der Waals surface area contributed by atoms with Gasteiger partial charge in [-0.1, -0.05) is 25.1 Å². The third-order valence-corrected chi connectivity index (χ3v) is 0.847. The molecule has 0 amide bonds. The Morgan fingerprint density at radius 1 is 1.60 bits per heavy atom. The molecule has 0 unspecified atom stereocenters. The number of oxime groups is 1. The molecule has 0 bridgehead atoms. The molecule has 0 aromatic heterocycles. The number of rotatable bonds is 5. The van der Waals surface area contributed by atoms with Crippen LogP contribution in [0.4, 0.5) is 0 Å². The summed E-state index contributed by atoms with van der Waals surface area (Å²) in [6.45, 7) is 8.31. The zero-order chi connectivity index (χ0) is 7.82. The van der Waals surface area contributed by atoms with Crippen LogP contribution in [0.3, 0.4) is 0 Å². The molecule has 10 heavy (non-hydrogen) atoms. The van der Waals surface area contributed by atoms with E-state index in [9.17, 15) is 0 Å². The van der Waals surface area contributed by atoms with E-state index in [0.717, 1.165) is 6.42 Å². The first-order valence-corrected chi connectivity index (χ1v) is 3.53. The fraction of sp³-hybridized carbons (Fsp3) is 0.625. The second-order valence-electron chi connectivity index (χ2n) is 2.41. The minimum Gasteiger partial charge on any atom is -0.396 e. The summed E-state index contributed by atoms with van der Waals surface area (Å²) < 4.78 is 0. The molecule has 0 saturated carbocycles. The summed E-state index contributed by atoms with van der Waals surface area (Å²) in [6, 6.07) is 0. The van der Waals surface area contributed by atoms with E-state index in [-0.39, 0.29) is 0 Å². The molecular formula is C8H15NO. The molecule has 58 valence electrons. The Bertz CT molecular complexity index is 108. The topological polar surface area (TPSA) is 21.6 Å². The molecule has 0 rings (SSSR count). The van der Waals surface area contributed by atoms with Gasteiger partial charge in [0.1, 0.15) is 6.61 Å². The van der Waals surface area contributed by atoms with E-state index in [1.807, 2.05) is 6.08 Å². The first kappa shape index (κ1) is 9.21. The highest BCUT2D eigenvalue weighted by Crippen LogP contribution is 1.87. The molecular weight excluding hydrogens is 126 g/mol. The van der Waals surface area contributed by atoms with Crippen LogP contribution in [0.5, 0.6) is 0 Å². The summed E-state index contributed by atoms with van der Waals surface area (Å²) in [5.74, 6) is 0.462. The second kappa shape index (κ2) is 6.33. The average Bonchev–Trinajstić information content (AvgIpc) is 1.87. The van der Waals surface area contributed by atoms with Crippen LogP contribution >= 0.6 is 0 Å². The largest absolute Gasteiger partial charge is 0.396 e. The Kier molecular flexibility index (Phi) is 5.83. The monoisotopic (exact) mass is 141 g/mol. The third-order valence-electron chi connectivity index (χ3n) is 0.847. The zero-order valence-electron chi connectivity index (χ0n) is 6.71. The van der Waals surface area contributed by atoms with E-state index >= 15 is 0 Å². The fourth-order valence-electron chi connectivity index (χ4n) is 0.353. The standard InChI is InChI=1S/C8H15NO/c1-4-5-6-10-9-7-8(2)3/h4,7-8H,1,5-6H2,2-3H3. The van der Waals surface area contributed by atoms with Crippen molar-refractivity contribution in [3.63, 3.8) is 0 Å². The molecule has 0 aromatic rings. The van der Waals surface area contributed by atoms with Gasteiger partial charge in [0.2, 0.25) is 0 Å². The predicted molar refractivity (Wildman–Crippen MR) is 44.1 cm³/mol. The van der Waals surface area contributed by atoms with Crippen molar-refractivity contribution in [3.05, 3.63) is 12.7 Å². The first-order valence-electron chi connectivity index (χ1n) is 3.53. The van der Waals surface area contributed by atoms with Gasteiger partial charge in [0, 0.05) is 12.6 Å². The molecule has 0 saturated heterocycles. The van der Waals surface area contributed by atoms with Crippen LogP contribution in [0.1, 0.15) is 20.3 Å². The van der Waals surface area contributed by atoms with E-state index in [1.165, 1.54) is 0 Å². The molecule has 0 heterocycles. The minimum absolute atomic E-state index is 0.462. The molecule has 2 heteroatoms. The van der Waals surface area contributed by atoms with Gasteiger partial charge in [0.15, 0.2) is 0 Å². The summed E-state index contributed by atoms with van der Waals surface area (Å²) in [5.41, 5.74) is 0. The molecule has 0 atom stereocenters. The zero-order valence-corrected chi connectivity index (χ0v) is 6.71. The van der Waals surface area contributed by atoms with Crippen LogP contribution in [-0.4, -0.2) is 12.8 Å². The van der Waals surface area contributed by atoms with Crippen molar-refractivity contribution < 1.29 is 4.84 Å². The summed E-state index contributed by atoms with van der Waals surface area (Å²) in [4.78, 5) is 4.88. The van der Waals surface area contributed by atoms with Crippen molar-refractivity contribution in [2.75, 3.05) is 6.61 Å². The van der Waals surface area contributed by atoms with Crippen LogP contribution < -0.4 is 0 Å². The smallest absolute Gasteiger partial charge is 0.120 e. The van der Waals surface area contributed by atoms with Crippen molar-refractivity contribution in [1.29, 1.82) is 0 Å². The van der Waals surface area contributed by atoms with E-state index in [0.29, 0.717) is 12.5 Å².